The van der Waals surface area contributed by atoms with Crippen molar-refractivity contribution in [1.82, 2.24) is 4.98 Å². The second-order valence-electron chi connectivity index (χ2n) is 4.19. The molecule has 0 N–H and O–H groups in total. The van der Waals surface area contributed by atoms with Crippen molar-refractivity contribution in [2.45, 2.75) is 13.5 Å². The smallest absolute Gasteiger partial charge is 0.185 e. The third-order valence-corrected chi connectivity index (χ3v) is 3.12. The molecule has 0 radical (unpaired) electrons. The molecule has 1 heterocycles. The fourth-order valence-corrected chi connectivity index (χ4v) is 1.99. The largest absolute Gasteiger partial charge is 0.493 e. The molecule has 2 aromatic rings. The first-order valence-electron chi connectivity index (χ1n) is 6.10. The third kappa shape index (κ3) is 3.14. The Morgan fingerprint density at radius 1 is 1.10 bits per heavy atom. The summed E-state index contributed by atoms with van der Waals surface area (Å²) in [7, 11) is 3.16. The van der Waals surface area contributed by atoms with E-state index in [1.165, 1.54) is 0 Å². The van der Waals surface area contributed by atoms with Crippen LogP contribution < -0.4 is 14.2 Å². The molecule has 0 aliphatic rings. The predicted molar refractivity (Wildman–Crippen MR) is 77.9 cm³/mol. The fourth-order valence-electron chi connectivity index (χ4n) is 1.83. The molecule has 0 atom stereocenters. The van der Waals surface area contributed by atoms with Crippen LogP contribution >= 0.6 is 11.6 Å². The van der Waals surface area contributed by atoms with Gasteiger partial charge in [-0.1, -0.05) is 17.7 Å². The van der Waals surface area contributed by atoms with E-state index in [0.717, 1.165) is 11.3 Å². The van der Waals surface area contributed by atoms with E-state index >= 15 is 0 Å². The molecular weight excluding hydrogens is 278 g/mol. The van der Waals surface area contributed by atoms with Crippen LogP contribution in [0.3, 0.4) is 0 Å². The Morgan fingerprint density at radius 2 is 1.90 bits per heavy atom. The summed E-state index contributed by atoms with van der Waals surface area (Å²) in [5.74, 6) is 1.93. The third-order valence-electron chi connectivity index (χ3n) is 2.88. The zero-order chi connectivity index (χ0) is 14.5. The maximum atomic E-state index is 5.96. The van der Waals surface area contributed by atoms with Gasteiger partial charge in [0, 0.05) is 17.3 Å². The molecule has 0 aliphatic heterocycles. The number of methoxy groups -OCH3 is 2. The summed E-state index contributed by atoms with van der Waals surface area (Å²) in [6, 6.07) is 7.26. The Morgan fingerprint density at radius 3 is 2.60 bits per heavy atom. The van der Waals surface area contributed by atoms with Crippen LogP contribution in [0.5, 0.6) is 17.2 Å². The van der Waals surface area contributed by atoms with Crippen molar-refractivity contribution in [2.75, 3.05) is 14.2 Å². The van der Waals surface area contributed by atoms with Gasteiger partial charge in [-0.15, -0.1) is 0 Å². The molecule has 4 nitrogen and oxygen atoms in total. The average Bonchev–Trinajstić information content (AvgIpc) is 2.47. The second-order valence-corrected chi connectivity index (χ2v) is 4.63. The van der Waals surface area contributed by atoms with Crippen molar-refractivity contribution >= 4 is 11.6 Å². The number of nitrogens with zero attached hydrogens (tertiary/aromatic N) is 1. The molecule has 0 aliphatic carbocycles. The van der Waals surface area contributed by atoms with Gasteiger partial charge in [0.2, 0.25) is 0 Å². The monoisotopic (exact) mass is 293 g/mol. The highest BCUT2D eigenvalue weighted by Gasteiger charge is 2.12. The molecule has 0 saturated heterocycles. The second kappa shape index (κ2) is 6.48. The van der Waals surface area contributed by atoms with Gasteiger partial charge in [-0.3, -0.25) is 4.98 Å². The number of aryl methyl sites for hydroxylation is 1. The maximum Gasteiger partial charge on any atom is 0.185 e. The summed E-state index contributed by atoms with van der Waals surface area (Å²) in [4.78, 5) is 4.26. The van der Waals surface area contributed by atoms with Crippen LogP contribution in [-0.4, -0.2) is 19.2 Å². The number of aromatic nitrogens is 1. The van der Waals surface area contributed by atoms with Crippen molar-refractivity contribution in [2.24, 2.45) is 0 Å². The van der Waals surface area contributed by atoms with Gasteiger partial charge < -0.3 is 14.2 Å². The van der Waals surface area contributed by atoms with Crippen molar-refractivity contribution in [1.29, 1.82) is 0 Å². The summed E-state index contributed by atoms with van der Waals surface area (Å²) in [6.45, 7) is 2.24. The highest BCUT2D eigenvalue weighted by Crippen LogP contribution is 2.30. The van der Waals surface area contributed by atoms with Crippen molar-refractivity contribution in [3.05, 3.63) is 46.7 Å². The van der Waals surface area contributed by atoms with Gasteiger partial charge in [-0.25, -0.2) is 0 Å². The van der Waals surface area contributed by atoms with Gasteiger partial charge in [0.1, 0.15) is 18.1 Å². The lowest BCUT2D eigenvalue weighted by atomic mass is 10.2. The summed E-state index contributed by atoms with van der Waals surface area (Å²) in [5.41, 5.74) is 1.68. The van der Waals surface area contributed by atoms with Crippen LogP contribution in [-0.2, 0) is 6.61 Å². The number of ether oxygens (including phenoxy) is 3. The lowest BCUT2D eigenvalue weighted by molar-refractivity contribution is 0.283. The minimum absolute atomic E-state index is 0.279. The molecule has 20 heavy (non-hydrogen) atoms. The topological polar surface area (TPSA) is 40.6 Å². The number of hydrogen-bond acceptors (Lipinski definition) is 4. The Hall–Kier alpha value is -1.94. The maximum absolute atomic E-state index is 5.96. The van der Waals surface area contributed by atoms with E-state index in [0.29, 0.717) is 22.2 Å². The Balaban J connectivity index is 2.20. The van der Waals surface area contributed by atoms with Crippen molar-refractivity contribution < 1.29 is 14.2 Å². The van der Waals surface area contributed by atoms with Gasteiger partial charge in [0.05, 0.1) is 14.2 Å². The van der Waals surface area contributed by atoms with Gasteiger partial charge in [0.15, 0.2) is 11.5 Å². The Bertz CT molecular complexity index is 602. The zero-order valence-electron chi connectivity index (χ0n) is 11.6. The minimum atomic E-state index is 0.279. The van der Waals surface area contributed by atoms with Gasteiger partial charge >= 0.3 is 0 Å². The lowest BCUT2D eigenvalue weighted by Gasteiger charge is -2.13. The van der Waals surface area contributed by atoms with E-state index in [1.807, 2.05) is 19.1 Å². The number of pyridine rings is 1. The average molecular weight is 294 g/mol. The Labute approximate surface area is 123 Å². The summed E-state index contributed by atoms with van der Waals surface area (Å²) in [5, 5.41) is 0.635. The summed E-state index contributed by atoms with van der Waals surface area (Å²) in [6.07, 6.45) is 1.66. The summed E-state index contributed by atoms with van der Waals surface area (Å²) < 4.78 is 16.3. The molecule has 5 heteroatoms. The molecule has 1 aromatic heterocycles. The molecule has 0 unspecified atom stereocenters. The van der Waals surface area contributed by atoms with Crippen LogP contribution in [0.2, 0.25) is 5.02 Å². The van der Waals surface area contributed by atoms with Crippen LogP contribution in [0.1, 0.15) is 11.3 Å². The van der Waals surface area contributed by atoms with E-state index in [9.17, 15) is 0 Å². The van der Waals surface area contributed by atoms with E-state index in [1.54, 1.807) is 32.5 Å². The van der Waals surface area contributed by atoms with Crippen LogP contribution in [0.25, 0.3) is 0 Å². The number of rotatable bonds is 5. The van der Waals surface area contributed by atoms with Crippen LogP contribution in [0, 0.1) is 6.92 Å². The molecule has 0 saturated carbocycles. The lowest BCUT2D eigenvalue weighted by Crippen LogP contribution is -2.03. The highest BCUT2D eigenvalue weighted by molar-refractivity contribution is 6.30. The normalized spacial score (nSPS) is 10.2. The fraction of sp³-hybridized carbons (Fsp3) is 0.267. The van der Waals surface area contributed by atoms with Crippen LogP contribution in [0.15, 0.2) is 30.5 Å². The molecule has 1 aromatic carbocycles. The van der Waals surface area contributed by atoms with E-state index < -0.39 is 0 Å². The number of halogens is 1. The molecule has 0 bridgehead atoms. The zero-order valence-corrected chi connectivity index (χ0v) is 12.4. The molecule has 2 rings (SSSR count). The number of hydrogen-bond donors (Lipinski definition) is 0. The molecule has 0 spiro atoms. The quantitative estimate of drug-likeness (QED) is 0.844. The van der Waals surface area contributed by atoms with E-state index in [4.69, 9.17) is 25.8 Å². The number of benzene rings is 1. The van der Waals surface area contributed by atoms with Gasteiger partial charge in [-0.2, -0.15) is 0 Å². The minimum Gasteiger partial charge on any atom is -0.493 e. The van der Waals surface area contributed by atoms with E-state index in [2.05, 4.69) is 4.98 Å². The SMILES string of the molecule is COc1ccnc(COc2cc(Cl)ccc2C)c1OC. The first kappa shape index (κ1) is 14.5. The predicted octanol–water partition coefficient (Wildman–Crippen LogP) is 3.64. The van der Waals surface area contributed by atoms with Crippen molar-refractivity contribution in [3.8, 4) is 17.2 Å². The molecule has 106 valence electrons. The highest BCUT2D eigenvalue weighted by atomic mass is 35.5. The first-order valence-corrected chi connectivity index (χ1v) is 6.48. The van der Waals surface area contributed by atoms with Crippen molar-refractivity contribution in [3.63, 3.8) is 0 Å². The van der Waals surface area contributed by atoms with Gasteiger partial charge in [0.25, 0.3) is 0 Å². The Kier molecular flexibility index (Phi) is 4.69. The van der Waals surface area contributed by atoms with E-state index in [-0.39, 0.29) is 6.61 Å². The molecular formula is C15H16ClNO3. The first-order chi connectivity index (χ1) is 9.65. The standard InChI is InChI=1S/C15H16ClNO3/c1-10-4-5-11(16)8-14(10)20-9-12-15(19-3)13(18-2)6-7-17-12/h4-8H,9H2,1-3H3. The van der Waals surface area contributed by atoms with Crippen LogP contribution in [0.4, 0.5) is 0 Å². The molecule has 0 fully saturated rings. The summed E-state index contributed by atoms with van der Waals surface area (Å²) >= 11 is 5.96. The van der Waals surface area contributed by atoms with Gasteiger partial charge in [-0.05, 0) is 24.6 Å². The molecule has 0 amide bonds.